The maximum Gasteiger partial charge on any atom is 0.00454 e. The molecule has 1 nitrogen and oxygen atoms in total. The first-order valence-corrected chi connectivity index (χ1v) is 8.46. The molecule has 0 amide bonds. The van der Waals surface area contributed by atoms with Gasteiger partial charge in [0, 0.05) is 11.4 Å². The van der Waals surface area contributed by atoms with E-state index < -0.39 is 0 Å². The van der Waals surface area contributed by atoms with E-state index in [9.17, 15) is 0 Å². The summed E-state index contributed by atoms with van der Waals surface area (Å²) in [5.74, 6) is 0. The number of nitrogens with one attached hydrogen (secondary N) is 1. The minimum Gasteiger partial charge on any atom is -0.316 e. The maximum absolute atomic E-state index is 3.68. The zero-order valence-electron chi connectivity index (χ0n) is 11.7. The molecular weight excluding hydrogens is 238 g/mol. The monoisotopic (exact) mass is 265 g/mol. The van der Waals surface area contributed by atoms with E-state index in [1.807, 2.05) is 11.3 Å². The van der Waals surface area contributed by atoms with E-state index in [1.165, 1.54) is 64.5 Å². The van der Waals surface area contributed by atoms with Crippen LogP contribution >= 0.6 is 11.3 Å². The fraction of sp³-hybridized carbons (Fsp3) is 0.750. The minimum absolute atomic E-state index is 0.595. The Kier molecular flexibility index (Phi) is 5.71. The second-order valence-corrected chi connectivity index (χ2v) is 6.85. The van der Waals surface area contributed by atoms with Crippen LogP contribution in [0.3, 0.4) is 0 Å². The lowest BCUT2D eigenvalue weighted by Crippen LogP contribution is -2.36. The number of aryl methyl sites for hydroxylation is 1. The van der Waals surface area contributed by atoms with E-state index in [4.69, 9.17) is 0 Å². The molecule has 2 rings (SSSR count). The summed E-state index contributed by atoms with van der Waals surface area (Å²) < 4.78 is 0. The fourth-order valence-electron chi connectivity index (χ4n) is 3.19. The van der Waals surface area contributed by atoms with Gasteiger partial charge in [-0.25, -0.2) is 0 Å². The molecule has 102 valence electrons. The van der Waals surface area contributed by atoms with Crippen molar-refractivity contribution in [3.8, 4) is 0 Å². The third kappa shape index (κ3) is 4.10. The van der Waals surface area contributed by atoms with Crippen LogP contribution < -0.4 is 5.32 Å². The van der Waals surface area contributed by atoms with Gasteiger partial charge >= 0.3 is 0 Å². The number of hydrogen-bond acceptors (Lipinski definition) is 2. The molecule has 1 fully saturated rings. The quantitative estimate of drug-likeness (QED) is 0.709. The smallest absolute Gasteiger partial charge is 0.00454 e. The molecule has 1 saturated carbocycles. The Morgan fingerprint density at radius 1 is 1.28 bits per heavy atom. The van der Waals surface area contributed by atoms with Crippen molar-refractivity contribution in [1.29, 1.82) is 0 Å². The van der Waals surface area contributed by atoms with Crippen LogP contribution in [0.15, 0.2) is 17.5 Å². The summed E-state index contributed by atoms with van der Waals surface area (Å²) in [6, 6.07) is 4.48. The number of thiophene rings is 1. The molecule has 0 aromatic carbocycles. The van der Waals surface area contributed by atoms with Gasteiger partial charge in [-0.1, -0.05) is 32.3 Å². The van der Waals surface area contributed by atoms with Crippen molar-refractivity contribution in [2.75, 3.05) is 13.1 Å². The first-order chi connectivity index (χ1) is 8.85. The molecule has 1 heterocycles. The van der Waals surface area contributed by atoms with E-state index in [0.717, 1.165) is 0 Å². The van der Waals surface area contributed by atoms with E-state index >= 15 is 0 Å². The van der Waals surface area contributed by atoms with E-state index in [-0.39, 0.29) is 0 Å². The SMILES string of the molecule is CCCNCC1(CCc2cccs2)CCCCC1. The molecule has 0 radical (unpaired) electrons. The molecular formula is C16H27NS. The summed E-state index contributed by atoms with van der Waals surface area (Å²) >= 11 is 1.92. The van der Waals surface area contributed by atoms with Crippen molar-refractivity contribution < 1.29 is 0 Å². The Labute approximate surface area is 116 Å². The molecule has 2 heteroatoms. The zero-order chi connectivity index (χ0) is 12.7. The lowest BCUT2D eigenvalue weighted by molar-refractivity contribution is 0.167. The van der Waals surface area contributed by atoms with Gasteiger partial charge in [-0.2, -0.15) is 0 Å². The van der Waals surface area contributed by atoms with Crippen molar-refractivity contribution in [2.24, 2.45) is 5.41 Å². The summed E-state index contributed by atoms with van der Waals surface area (Å²) in [6.45, 7) is 4.68. The average molecular weight is 265 g/mol. The molecule has 18 heavy (non-hydrogen) atoms. The Morgan fingerprint density at radius 3 is 2.78 bits per heavy atom. The van der Waals surface area contributed by atoms with Gasteiger partial charge < -0.3 is 5.32 Å². The van der Waals surface area contributed by atoms with Crippen LogP contribution in [0, 0.1) is 5.41 Å². The molecule has 0 spiro atoms. The fourth-order valence-corrected chi connectivity index (χ4v) is 3.90. The Balaban J connectivity index is 1.86. The van der Waals surface area contributed by atoms with Gasteiger partial charge in [0.25, 0.3) is 0 Å². The van der Waals surface area contributed by atoms with E-state index in [1.54, 1.807) is 4.88 Å². The van der Waals surface area contributed by atoms with Crippen LogP contribution in [-0.4, -0.2) is 13.1 Å². The highest BCUT2D eigenvalue weighted by molar-refractivity contribution is 7.09. The highest BCUT2D eigenvalue weighted by atomic mass is 32.1. The lowest BCUT2D eigenvalue weighted by atomic mass is 9.71. The number of hydrogen-bond donors (Lipinski definition) is 1. The molecule has 0 saturated heterocycles. The third-order valence-corrected chi connectivity index (χ3v) is 5.26. The Bertz CT molecular complexity index is 312. The second kappa shape index (κ2) is 7.30. The molecule has 1 aromatic rings. The van der Waals surface area contributed by atoms with Crippen LogP contribution in [0.1, 0.15) is 56.7 Å². The Morgan fingerprint density at radius 2 is 2.11 bits per heavy atom. The summed E-state index contributed by atoms with van der Waals surface area (Å²) in [5.41, 5.74) is 0.595. The van der Waals surface area contributed by atoms with Crippen LogP contribution in [-0.2, 0) is 6.42 Å². The molecule has 1 aliphatic carbocycles. The van der Waals surface area contributed by atoms with Crippen molar-refractivity contribution in [1.82, 2.24) is 5.32 Å². The van der Waals surface area contributed by atoms with Gasteiger partial charge in [-0.15, -0.1) is 11.3 Å². The predicted octanol–water partition coefficient (Wildman–Crippen LogP) is 4.63. The van der Waals surface area contributed by atoms with Gasteiger partial charge in [0.2, 0.25) is 0 Å². The van der Waals surface area contributed by atoms with Crippen molar-refractivity contribution in [3.63, 3.8) is 0 Å². The topological polar surface area (TPSA) is 12.0 Å². The summed E-state index contributed by atoms with van der Waals surface area (Å²) in [6.07, 6.45) is 11.1. The predicted molar refractivity (Wildman–Crippen MR) is 81.3 cm³/mol. The van der Waals surface area contributed by atoms with Crippen molar-refractivity contribution in [2.45, 2.75) is 58.3 Å². The summed E-state index contributed by atoms with van der Waals surface area (Å²) in [4.78, 5) is 1.57. The minimum atomic E-state index is 0.595. The van der Waals surface area contributed by atoms with E-state index in [0.29, 0.717) is 5.41 Å². The highest BCUT2D eigenvalue weighted by Gasteiger charge is 2.31. The molecule has 1 aliphatic rings. The molecule has 0 bridgehead atoms. The van der Waals surface area contributed by atoms with Gasteiger partial charge in [-0.3, -0.25) is 0 Å². The molecule has 1 N–H and O–H groups in total. The highest BCUT2D eigenvalue weighted by Crippen LogP contribution is 2.40. The maximum atomic E-state index is 3.68. The standard InChI is InChI=1S/C16H27NS/c1-2-12-17-14-16(9-4-3-5-10-16)11-8-15-7-6-13-18-15/h6-7,13,17H,2-5,8-12,14H2,1H3. The number of rotatable bonds is 7. The lowest BCUT2D eigenvalue weighted by Gasteiger charge is -2.38. The van der Waals surface area contributed by atoms with Crippen LogP contribution in [0.5, 0.6) is 0 Å². The first kappa shape index (κ1) is 14.1. The van der Waals surface area contributed by atoms with Crippen LogP contribution in [0.25, 0.3) is 0 Å². The largest absolute Gasteiger partial charge is 0.316 e. The molecule has 0 aliphatic heterocycles. The van der Waals surface area contributed by atoms with Crippen molar-refractivity contribution >= 4 is 11.3 Å². The normalized spacial score (nSPS) is 18.9. The second-order valence-electron chi connectivity index (χ2n) is 5.82. The molecule has 1 aromatic heterocycles. The van der Waals surface area contributed by atoms with E-state index in [2.05, 4.69) is 29.8 Å². The average Bonchev–Trinajstić information content (AvgIpc) is 2.91. The van der Waals surface area contributed by atoms with Crippen LogP contribution in [0.2, 0.25) is 0 Å². The zero-order valence-corrected chi connectivity index (χ0v) is 12.5. The first-order valence-electron chi connectivity index (χ1n) is 7.58. The molecule has 0 atom stereocenters. The summed E-state index contributed by atoms with van der Waals surface area (Å²) in [5, 5.41) is 5.89. The van der Waals surface area contributed by atoms with Gasteiger partial charge in [-0.05, 0) is 55.5 Å². The van der Waals surface area contributed by atoms with Crippen molar-refractivity contribution in [3.05, 3.63) is 22.4 Å². The third-order valence-electron chi connectivity index (χ3n) is 4.32. The molecule has 0 unspecified atom stereocenters. The van der Waals surface area contributed by atoms with Gasteiger partial charge in [0.05, 0.1) is 0 Å². The Hall–Kier alpha value is -0.340. The van der Waals surface area contributed by atoms with Gasteiger partial charge in [0.15, 0.2) is 0 Å². The van der Waals surface area contributed by atoms with Crippen LogP contribution in [0.4, 0.5) is 0 Å². The van der Waals surface area contributed by atoms with Gasteiger partial charge in [0.1, 0.15) is 0 Å². The summed E-state index contributed by atoms with van der Waals surface area (Å²) in [7, 11) is 0.